The molecule has 1 aromatic rings. The van der Waals surface area contributed by atoms with Gasteiger partial charge in [-0.2, -0.15) is 0 Å². The molecule has 1 aromatic carbocycles. The van der Waals surface area contributed by atoms with Crippen LogP contribution in [-0.4, -0.2) is 66.1 Å². The number of benzene rings is 1. The van der Waals surface area contributed by atoms with Crippen LogP contribution in [0.25, 0.3) is 0 Å². The molecule has 1 heterocycles. The van der Waals surface area contributed by atoms with Crippen molar-refractivity contribution < 1.29 is 32.2 Å². The van der Waals surface area contributed by atoms with Crippen molar-refractivity contribution >= 4 is 35.7 Å². The van der Waals surface area contributed by atoms with Gasteiger partial charge < -0.3 is 9.80 Å². The van der Waals surface area contributed by atoms with Gasteiger partial charge in [0.25, 0.3) is 0 Å². The SMILES string of the molecule is CN1[CH-]N(C)CC1.[CH2-][O+](c1ccc(CC(=O)C(=O)OCC)cc1[CH]=[Ru]([Cl])[Cl])C(C)C. The van der Waals surface area contributed by atoms with E-state index >= 15 is 0 Å². The number of Topliss-reactive ketones (excluding diaryl/α,β-unsaturated/α-hetero) is 1. The third-order valence-corrected chi connectivity index (χ3v) is 6.01. The molecule has 1 aliphatic heterocycles. The molecule has 0 bridgehead atoms. The number of hydrogen-bond donors (Lipinski definition) is 0. The molecule has 9 heteroatoms. The van der Waals surface area contributed by atoms with E-state index < -0.39 is 25.3 Å². The molecule has 0 radical (unpaired) electrons. The number of nitrogens with zero attached hydrogens (tertiary/aromatic N) is 2. The van der Waals surface area contributed by atoms with E-state index in [1.807, 2.05) is 19.9 Å². The zero-order valence-electron chi connectivity index (χ0n) is 18.1. The third kappa shape index (κ3) is 9.53. The molecule has 30 heavy (non-hydrogen) atoms. The molecule has 6 nitrogen and oxygen atoms in total. The van der Waals surface area contributed by atoms with Crippen molar-refractivity contribution in [1.82, 2.24) is 9.80 Å². The van der Waals surface area contributed by atoms with E-state index in [9.17, 15) is 9.59 Å². The Morgan fingerprint density at radius 2 is 1.90 bits per heavy atom. The first-order valence-electron chi connectivity index (χ1n) is 9.49. The van der Waals surface area contributed by atoms with Crippen molar-refractivity contribution in [2.24, 2.45) is 0 Å². The maximum atomic E-state index is 11.8. The summed E-state index contributed by atoms with van der Waals surface area (Å²) >= 11 is -2.05. The monoisotopic (exact) mass is 547 g/mol. The van der Waals surface area contributed by atoms with E-state index in [0.29, 0.717) is 5.56 Å². The first-order valence-corrected chi connectivity index (χ1v) is 15.0. The van der Waals surface area contributed by atoms with Crippen LogP contribution in [0.5, 0.6) is 5.75 Å². The van der Waals surface area contributed by atoms with Crippen LogP contribution in [0.2, 0.25) is 0 Å². The van der Waals surface area contributed by atoms with E-state index in [1.165, 1.54) is 13.1 Å². The van der Waals surface area contributed by atoms with Crippen molar-refractivity contribution in [2.45, 2.75) is 33.3 Å². The molecule has 1 aliphatic rings. The zero-order valence-corrected chi connectivity index (χ0v) is 21.4. The number of hydrogen-bond acceptors (Lipinski definition) is 5. The van der Waals surface area contributed by atoms with Gasteiger partial charge in [-0.05, 0) is 27.2 Å². The Bertz CT molecular complexity index is 747. The summed E-state index contributed by atoms with van der Waals surface area (Å²) in [6, 6.07) is 5.39. The molecule has 0 N–H and O–H groups in total. The van der Waals surface area contributed by atoms with E-state index in [0.717, 1.165) is 11.3 Å². The standard InChI is InChI=1S/C16H20O4.C5H11N2.2ClH.Ru/c1-6-19-16(18)14(17)10-13-7-8-15(12(4)9-13)20(5)11(2)3;1-6-3-4-7(2)5-6;;;/h4,7-9,11H,5-6,10H2,1-3H3;5H,3-4H2,1-2H3;2*1H;/q;-1;;;+2/p-2. The molecule has 2 rings (SSSR count). The molecule has 1 saturated heterocycles. The quantitative estimate of drug-likeness (QED) is 0.171. The van der Waals surface area contributed by atoms with Crippen molar-refractivity contribution in [3.05, 3.63) is 43.1 Å². The molecule has 0 aromatic heterocycles. The van der Waals surface area contributed by atoms with Crippen molar-refractivity contribution in [3.63, 3.8) is 0 Å². The predicted octanol–water partition coefficient (Wildman–Crippen LogP) is 3.89. The van der Waals surface area contributed by atoms with Gasteiger partial charge in [-0.15, -0.1) is 0 Å². The summed E-state index contributed by atoms with van der Waals surface area (Å²) in [7, 11) is 20.1. The van der Waals surface area contributed by atoms with E-state index in [1.54, 1.807) is 23.7 Å². The zero-order chi connectivity index (χ0) is 22.8. The molecule has 0 spiro atoms. The Hall–Kier alpha value is -0.847. The molecule has 0 unspecified atom stereocenters. The summed E-state index contributed by atoms with van der Waals surface area (Å²) in [5.41, 5.74) is 1.48. The van der Waals surface area contributed by atoms with Gasteiger partial charge in [-0.3, -0.25) is 0 Å². The van der Waals surface area contributed by atoms with Gasteiger partial charge in [0.05, 0.1) is 0 Å². The summed E-state index contributed by atoms with van der Waals surface area (Å²) in [5, 5.41) is 0. The fourth-order valence-electron chi connectivity index (χ4n) is 2.60. The van der Waals surface area contributed by atoms with Gasteiger partial charge in [-0.1, -0.05) is 0 Å². The van der Waals surface area contributed by atoms with Gasteiger partial charge >= 0.3 is 150 Å². The second kappa shape index (κ2) is 13.5. The second-order valence-electron chi connectivity index (χ2n) is 7.05. The van der Waals surface area contributed by atoms with E-state index in [2.05, 4.69) is 42.0 Å². The van der Waals surface area contributed by atoms with Gasteiger partial charge in [0.1, 0.15) is 0 Å². The first-order chi connectivity index (χ1) is 14.0. The first kappa shape index (κ1) is 27.2. The number of ether oxygens (including phenoxy) is 1. The number of halogens is 2. The van der Waals surface area contributed by atoms with E-state index in [4.69, 9.17) is 24.1 Å². The Morgan fingerprint density at radius 3 is 2.33 bits per heavy atom. The van der Waals surface area contributed by atoms with Gasteiger partial charge in [0.15, 0.2) is 0 Å². The van der Waals surface area contributed by atoms with Crippen LogP contribution < -0.4 is 0 Å². The summed E-state index contributed by atoms with van der Waals surface area (Å²) in [4.78, 5) is 27.6. The number of likely N-dealkylation sites (N-methyl/N-ethyl adjacent to an activating group) is 2. The Morgan fingerprint density at radius 1 is 1.30 bits per heavy atom. The molecular formula is C21H31Cl2N2O4Ru-. The second-order valence-corrected chi connectivity index (χ2v) is 12.8. The van der Waals surface area contributed by atoms with Crippen molar-refractivity contribution in [2.75, 3.05) is 33.8 Å². The van der Waals surface area contributed by atoms with Crippen LogP contribution in [0.3, 0.4) is 0 Å². The van der Waals surface area contributed by atoms with Crippen LogP contribution in [0.4, 0.5) is 0 Å². The maximum absolute atomic E-state index is 11.8. The normalized spacial score (nSPS) is 14.8. The minimum absolute atomic E-state index is 0.0271. The third-order valence-electron chi connectivity index (χ3n) is 4.18. The molecule has 1 fully saturated rings. The topological polar surface area (TPSA) is 52.6 Å². The fourth-order valence-corrected chi connectivity index (χ4v) is 4.38. The van der Waals surface area contributed by atoms with E-state index in [-0.39, 0.29) is 19.1 Å². The Kier molecular flexibility index (Phi) is 12.3. The Balaban J connectivity index is 0.000000539. The fraction of sp³-hybridized carbons (Fsp3) is 0.476. The van der Waals surface area contributed by atoms with Crippen LogP contribution >= 0.6 is 19.4 Å². The summed E-state index contributed by atoms with van der Waals surface area (Å²) in [5.74, 6) is -0.605. The van der Waals surface area contributed by atoms with Gasteiger partial charge in [0, 0.05) is 0 Å². The molecule has 0 atom stereocenters. The van der Waals surface area contributed by atoms with Gasteiger partial charge in [-0.25, -0.2) is 6.67 Å². The summed E-state index contributed by atoms with van der Waals surface area (Å²) in [6.45, 7) is 10.3. The van der Waals surface area contributed by atoms with Crippen molar-refractivity contribution in [3.8, 4) is 5.75 Å². The number of ketones is 1. The Labute approximate surface area is 193 Å². The average molecular weight is 547 g/mol. The van der Waals surface area contributed by atoms with Crippen molar-refractivity contribution in [1.29, 1.82) is 0 Å². The number of carbonyl (C=O) groups excluding carboxylic acids is 2. The molecular weight excluding hydrogens is 516 g/mol. The molecule has 0 amide bonds. The van der Waals surface area contributed by atoms with Gasteiger partial charge in [0.2, 0.25) is 0 Å². The molecule has 0 aliphatic carbocycles. The molecule has 0 saturated carbocycles. The summed E-state index contributed by atoms with van der Waals surface area (Å²) in [6.07, 6.45) is 0.0845. The minimum atomic E-state index is -2.05. The predicted molar refractivity (Wildman–Crippen MR) is 119 cm³/mol. The van der Waals surface area contributed by atoms with Crippen LogP contribution in [0, 0.1) is 13.8 Å². The molecule has 172 valence electrons. The van der Waals surface area contributed by atoms with Crippen LogP contribution in [-0.2, 0) is 38.6 Å². The average Bonchev–Trinajstić information content (AvgIpc) is 3.04. The number of rotatable bonds is 7. The van der Waals surface area contributed by atoms with Crippen LogP contribution in [0.1, 0.15) is 31.9 Å². The summed E-state index contributed by atoms with van der Waals surface area (Å²) < 4.78 is 9.23. The van der Waals surface area contributed by atoms with Crippen LogP contribution in [0.15, 0.2) is 18.2 Å². The number of carbonyl (C=O) groups is 2. The number of esters is 1.